The first-order chi connectivity index (χ1) is 7.63. The molecule has 5 heteroatoms. The molecule has 0 aliphatic heterocycles. The third kappa shape index (κ3) is 2.00. The molecule has 2 aromatic heterocycles. The molecule has 0 aliphatic rings. The van der Waals surface area contributed by atoms with Crippen molar-refractivity contribution >= 4 is 22.9 Å². The van der Waals surface area contributed by atoms with Crippen molar-refractivity contribution in [1.82, 2.24) is 9.78 Å². The van der Waals surface area contributed by atoms with Crippen molar-refractivity contribution in [2.45, 2.75) is 13.3 Å². The number of nitrogens with zero attached hydrogens (tertiary/aromatic N) is 2. The van der Waals surface area contributed by atoms with Crippen LogP contribution in [0.15, 0.2) is 12.1 Å². The zero-order chi connectivity index (χ0) is 11.7. The number of rotatable bonds is 3. The van der Waals surface area contributed by atoms with Gasteiger partial charge in [-0.25, -0.2) is 0 Å². The van der Waals surface area contributed by atoms with Gasteiger partial charge in [0.25, 0.3) is 0 Å². The Morgan fingerprint density at radius 1 is 1.50 bits per heavy atom. The average Bonchev–Trinajstić information content (AvgIpc) is 2.74. The van der Waals surface area contributed by atoms with Gasteiger partial charge in [-0.1, -0.05) is 11.6 Å². The highest BCUT2D eigenvalue weighted by molar-refractivity contribution is 7.19. The minimum absolute atomic E-state index is 0.614. The Hall–Kier alpha value is -0.840. The fourth-order valence-electron chi connectivity index (χ4n) is 1.76. The lowest BCUT2D eigenvalue weighted by Crippen LogP contribution is -2.04. The SMILES string of the molecule is Cc1c(-c2ccc(Cl)s2)c(CCN)nn1C. The number of halogens is 1. The molecule has 0 aliphatic carbocycles. The average molecular weight is 256 g/mol. The van der Waals surface area contributed by atoms with Gasteiger partial charge >= 0.3 is 0 Å². The second kappa shape index (κ2) is 4.57. The molecule has 2 aromatic rings. The summed E-state index contributed by atoms with van der Waals surface area (Å²) in [5.74, 6) is 0. The lowest BCUT2D eigenvalue weighted by Gasteiger charge is -1.99. The summed E-state index contributed by atoms with van der Waals surface area (Å²) in [6, 6.07) is 3.96. The monoisotopic (exact) mass is 255 g/mol. The van der Waals surface area contributed by atoms with Crippen molar-refractivity contribution in [3.8, 4) is 10.4 Å². The number of aryl methyl sites for hydroxylation is 1. The zero-order valence-electron chi connectivity index (χ0n) is 9.33. The second-order valence-electron chi connectivity index (χ2n) is 3.67. The van der Waals surface area contributed by atoms with E-state index in [1.165, 1.54) is 10.4 Å². The van der Waals surface area contributed by atoms with Crippen LogP contribution in [0.25, 0.3) is 10.4 Å². The van der Waals surface area contributed by atoms with E-state index in [-0.39, 0.29) is 0 Å². The molecule has 2 heterocycles. The quantitative estimate of drug-likeness (QED) is 0.916. The van der Waals surface area contributed by atoms with Gasteiger partial charge in [0.1, 0.15) is 0 Å². The fraction of sp³-hybridized carbons (Fsp3) is 0.364. The van der Waals surface area contributed by atoms with Gasteiger partial charge in [-0.3, -0.25) is 4.68 Å². The van der Waals surface area contributed by atoms with Crippen LogP contribution in [0.1, 0.15) is 11.4 Å². The first-order valence-corrected chi connectivity index (χ1v) is 6.31. The molecule has 86 valence electrons. The molecular formula is C11H14ClN3S. The third-order valence-electron chi connectivity index (χ3n) is 2.61. The van der Waals surface area contributed by atoms with Crippen LogP contribution in [0.3, 0.4) is 0 Å². The van der Waals surface area contributed by atoms with Crippen molar-refractivity contribution in [2.75, 3.05) is 6.54 Å². The van der Waals surface area contributed by atoms with Crippen molar-refractivity contribution in [2.24, 2.45) is 12.8 Å². The topological polar surface area (TPSA) is 43.8 Å². The van der Waals surface area contributed by atoms with Gasteiger partial charge in [0.05, 0.1) is 10.0 Å². The molecule has 2 N–H and O–H groups in total. The van der Waals surface area contributed by atoms with Gasteiger partial charge in [-0.05, 0) is 25.6 Å². The van der Waals surface area contributed by atoms with Crippen LogP contribution in [0.5, 0.6) is 0 Å². The van der Waals surface area contributed by atoms with Crippen LogP contribution in [0.4, 0.5) is 0 Å². The van der Waals surface area contributed by atoms with Crippen LogP contribution in [-0.4, -0.2) is 16.3 Å². The summed E-state index contributed by atoms with van der Waals surface area (Å²) in [6.07, 6.45) is 0.798. The summed E-state index contributed by atoms with van der Waals surface area (Å²) in [7, 11) is 1.95. The van der Waals surface area contributed by atoms with E-state index in [1.807, 2.05) is 23.9 Å². The normalized spacial score (nSPS) is 11.0. The minimum atomic E-state index is 0.614. The van der Waals surface area contributed by atoms with Gasteiger partial charge < -0.3 is 5.73 Å². The Balaban J connectivity index is 2.53. The Morgan fingerprint density at radius 2 is 2.25 bits per heavy atom. The molecule has 0 radical (unpaired) electrons. The first-order valence-electron chi connectivity index (χ1n) is 5.11. The molecule has 0 saturated carbocycles. The van der Waals surface area contributed by atoms with Gasteiger partial charge in [0.15, 0.2) is 0 Å². The molecule has 0 bridgehead atoms. The Morgan fingerprint density at radius 3 is 2.81 bits per heavy atom. The summed E-state index contributed by atoms with van der Waals surface area (Å²) >= 11 is 7.55. The summed E-state index contributed by atoms with van der Waals surface area (Å²) in [5.41, 5.74) is 9.00. The summed E-state index contributed by atoms with van der Waals surface area (Å²) in [4.78, 5) is 1.17. The maximum Gasteiger partial charge on any atom is 0.0934 e. The number of nitrogens with two attached hydrogens (primary N) is 1. The van der Waals surface area contributed by atoms with Crippen molar-refractivity contribution in [3.05, 3.63) is 27.9 Å². The summed E-state index contributed by atoms with van der Waals surface area (Å²) in [6.45, 7) is 2.68. The third-order valence-corrected chi connectivity index (χ3v) is 3.86. The molecule has 0 saturated heterocycles. The van der Waals surface area contributed by atoms with E-state index in [0.29, 0.717) is 6.54 Å². The zero-order valence-corrected chi connectivity index (χ0v) is 10.9. The van der Waals surface area contributed by atoms with Gasteiger partial charge in [0.2, 0.25) is 0 Å². The molecule has 2 rings (SSSR count). The highest BCUT2D eigenvalue weighted by atomic mass is 35.5. The van der Waals surface area contributed by atoms with Crippen LogP contribution >= 0.6 is 22.9 Å². The smallest absolute Gasteiger partial charge is 0.0934 e. The predicted molar refractivity (Wildman–Crippen MR) is 69.0 cm³/mol. The standard InChI is InChI=1S/C11H14ClN3S/c1-7-11(9-3-4-10(12)16-9)8(5-6-13)14-15(7)2/h3-4H,5-6,13H2,1-2H3. The van der Waals surface area contributed by atoms with E-state index in [0.717, 1.165) is 22.1 Å². The van der Waals surface area contributed by atoms with Gasteiger partial charge in [-0.2, -0.15) is 5.10 Å². The molecule has 0 unspecified atom stereocenters. The Labute approximate surface area is 104 Å². The van der Waals surface area contributed by atoms with Gasteiger partial charge in [0, 0.05) is 29.6 Å². The molecule has 0 atom stereocenters. The lowest BCUT2D eigenvalue weighted by molar-refractivity contribution is 0.718. The molecule has 0 amide bonds. The Bertz CT molecular complexity index is 501. The number of hydrogen-bond acceptors (Lipinski definition) is 3. The van der Waals surface area contributed by atoms with Crippen LogP contribution < -0.4 is 5.73 Å². The Kier molecular flexibility index (Phi) is 3.33. The molecule has 0 spiro atoms. The van der Waals surface area contributed by atoms with E-state index in [9.17, 15) is 0 Å². The fourth-order valence-corrected chi connectivity index (χ4v) is 2.92. The minimum Gasteiger partial charge on any atom is -0.330 e. The molecule has 0 fully saturated rings. The second-order valence-corrected chi connectivity index (χ2v) is 5.39. The lowest BCUT2D eigenvalue weighted by atomic mass is 10.1. The van der Waals surface area contributed by atoms with E-state index < -0.39 is 0 Å². The van der Waals surface area contributed by atoms with Crippen molar-refractivity contribution in [3.63, 3.8) is 0 Å². The van der Waals surface area contributed by atoms with E-state index in [4.69, 9.17) is 17.3 Å². The van der Waals surface area contributed by atoms with Crippen molar-refractivity contribution in [1.29, 1.82) is 0 Å². The van der Waals surface area contributed by atoms with E-state index in [2.05, 4.69) is 12.0 Å². The highest BCUT2D eigenvalue weighted by Gasteiger charge is 2.15. The van der Waals surface area contributed by atoms with Crippen LogP contribution in [0.2, 0.25) is 4.34 Å². The molecule has 16 heavy (non-hydrogen) atoms. The summed E-state index contributed by atoms with van der Waals surface area (Å²) in [5, 5.41) is 4.49. The molecule has 3 nitrogen and oxygen atoms in total. The molecular weight excluding hydrogens is 242 g/mol. The summed E-state index contributed by atoms with van der Waals surface area (Å²) < 4.78 is 2.70. The van der Waals surface area contributed by atoms with E-state index >= 15 is 0 Å². The molecule has 0 aromatic carbocycles. The van der Waals surface area contributed by atoms with Crippen molar-refractivity contribution < 1.29 is 0 Å². The maximum atomic E-state index is 5.97. The van der Waals surface area contributed by atoms with Crippen LogP contribution in [0, 0.1) is 6.92 Å². The largest absolute Gasteiger partial charge is 0.330 e. The number of thiophene rings is 1. The van der Waals surface area contributed by atoms with Gasteiger partial charge in [-0.15, -0.1) is 11.3 Å². The maximum absolute atomic E-state index is 5.97. The van der Waals surface area contributed by atoms with Crippen LogP contribution in [-0.2, 0) is 13.5 Å². The highest BCUT2D eigenvalue weighted by Crippen LogP contribution is 2.35. The number of hydrogen-bond donors (Lipinski definition) is 1. The first kappa shape index (κ1) is 11.6. The number of aromatic nitrogens is 2. The predicted octanol–water partition coefficient (Wildman–Crippen LogP) is 2.61. The van der Waals surface area contributed by atoms with E-state index in [1.54, 1.807) is 11.3 Å².